The van der Waals surface area contributed by atoms with E-state index in [1.165, 1.54) is 19.4 Å². The number of aromatic nitrogens is 3. The van der Waals surface area contributed by atoms with Gasteiger partial charge in [-0.15, -0.1) is 5.10 Å². The molecular weight excluding hydrogens is 214 g/mol. The molecule has 5 heteroatoms. The van der Waals surface area contributed by atoms with Gasteiger partial charge in [-0.05, 0) is 38.6 Å². The number of pyridine rings is 1. The van der Waals surface area contributed by atoms with Crippen molar-refractivity contribution >= 4 is 11.5 Å². The van der Waals surface area contributed by atoms with Crippen molar-refractivity contribution in [3.63, 3.8) is 0 Å². The van der Waals surface area contributed by atoms with Crippen molar-refractivity contribution in [1.82, 2.24) is 19.5 Å². The molecule has 1 unspecified atom stereocenters. The number of hydrogen-bond donors (Lipinski definition) is 1. The maximum absolute atomic E-state index is 5.86. The van der Waals surface area contributed by atoms with Gasteiger partial charge in [-0.1, -0.05) is 6.07 Å². The first-order chi connectivity index (χ1) is 8.24. The molecule has 1 saturated heterocycles. The quantitative estimate of drug-likeness (QED) is 0.836. The lowest BCUT2D eigenvalue weighted by Crippen LogP contribution is -2.27. The van der Waals surface area contributed by atoms with E-state index in [-0.39, 0.29) is 0 Å². The summed E-state index contributed by atoms with van der Waals surface area (Å²) < 4.78 is 1.71. The second-order valence-corrected chi connectivity index (χ2v) is 4.73. The Bertz CT molecular complexity index is 533. The summed E-state index contributed by atoms with van der Waals surface area (Å²) >= 11 is 0. The Labute approximate surface area is 100 Å². The van der Waals surface area contributed by atoms with E-state index in [2.05, 4.69) is 22.0 Å². The van der Waals surface area contributed by atoms with Crippen LogP contribution in [0.25, 0.3) is 5.65 Å². The first kappa shape index (κ1) is 10.5. The van der Waals surface area contributed by atoms with E-state index >= 15 is 0 Å². The molecule has 0 radical (unpaired) electrons. The summed E-state index contributed by atoms with van der Waals surface area (Å²) in [5.41, 5.74) is 6.69. The number of likely N-dealkylation sites (N-methyl/N-ethyl adjacent to an activating group) is 1. The van der Waals surface area contributed by atoms with Gasteiger partial charge in [-0.3, -0.25) is 0 Å². The van der Waals surface area contributed by atoms with Crippen LogP contribution in [-0.4, -0.2) is 39.1 Å². The predicted octanol–water partition coefficient (Wildman–Crippen LogP) is 0.948. The summed E-state index contributed by atoms with van der Waals surface area (Å²) in [4.78, 5) is 6.90. The molecule has 0 spiro atoms. The first-order valence-electron chi connectivity index (χ1n) is 6.04. The molecule has 0 aromatic carbocycles. The second-order valence-electron chi connectivity index (χ2n) is 4.73. The standard InChI is InChI=1S/C12H17N5/c1-16-7-3-4-9(16)8-11-14-12-6-2-5-10(13)17(12)15-11/h2,5-6,9H,3-4,7-8,13H2,1H3. The summed E-state index contributed by atoms with van der Waals surface area (Å²) in [6, 6.07) is 6.26. The zero-order chi connectivity index (χ0) is 11.8. The van der Waals surface area contributed by atoms with Crippen LogP contribution in [0, 0.1) is 0 Å². The third-order valence-corrected chi connectivity index (χ3v) is 3.52. The van der Waals surface area contributed by atoms with Crippen molar-refractivity contribution in [2.75, 3.05) is 19.3 Å². The van der Waals surface area contributed by atoms with Crippen molar-refractivity contribution in [1.29, 1.82) is 0 Å². The van der Waals surface area contributed by atoms with Gasteiger partial charge in [0.05, 0.1) is 0 Å². The molecule has 2 aromatic heterocycles. The smallest absolute Gasteiger partial charge is 0.157 e. The molecule has 0 saturated carbocycles. The van der Waals surface area contributed by atoms with E-state index < -0.39 is 0 Å². The molecule has 0 aliphatic carbocycles. The minimum atomic E-state index is 0.577. The average molecular weight is 231 g/mol. The number of anilines is 1. The number of nitrogens with zero attached hydrogens (tertiary/aromatic N) is 4. The molecule has 2 N–H and O–H groups in total. The van der Waals surface area contributed by atoms with Gasteiger partial charge in [0, 0.05) is 12.5 Å². The number of nitrogens with two attached hydrogens (primary N) is 1. The van der Waals surface area contributed by atoms with Gasteiger partial charge < -0.3 is 10.6 Å². The monoisotopic (exact) mass is 231 g/mol. The van der Waals surface area contributed by atoms with Crippen molar-refractivity contribution in [2.45, 2.75) is 25.3 Å². The fraction of sp³-hybridized carbons (Fsp3) is 0.500. The van der Waals surface area contributed by atoms with Crippen molar-refractivity contribution in [3.8, 4) is 0 Å². The lowest BCUT2D eigenvalue weighted by atomic mass is 10.1. The summed E-state index contributed by atoms with van der Waals surface area (Å²) in [7, 11) is 2.17. The molecule has 1 atom stereocenters. The minimum absolute atomic E-state index is 0.577. The van der Waals surface area contributed by atoms with Crippen LogP contribution in [0.3, 0.4) is 0 Å². The first-order valence-corrected chi connectivity index (χ1v) is 6.04. The van der Waals surface area contributed by atoms with Crippen molar-refractivity contribution in [2.24, 2.45) is 0 Å². The molecule has 1 aliphatic rings. The molecule has 90 valence electrons. The van der Waals surface area contributed by atoms with Crippen LogP contribution in [-0.2, 0) is 6.42 Å². The maximum atomic E-state index is 5.86. The second kappa shape index (κ2) is 4.00. The molecule has 5 nitrogen and oxygen atoms in total. The molecule has 0 bridgehead atoms. The lowest BCUT2D eigenvalue weighted by molar-refractivity contribution is 0.306. The Morgan fingerprint density at radius 3 is 3.06 bits per heavy atom. The lowest BCUT2D eigenvalue weighted by Gasteiger charge is -2.17. The van der Waals surface area contributed by atoms with Crippen molar-refractivity contribution in [3.05, 3.63) is 24.0 Å². The van der Waals surface area contributed by atoms with Crippen LogP contribution in [0.5, 0.6) is 0 Å². The van der Waals surface area contributed by atoms with E-state index in [0.717, 1.165) is 17.9 Å². The summed E-state index contributed by atoms with van der Waals surface area (Å²) in [6.07, 6.45) is 3.43. The molecule has 1 aliphatic heterocycles. The van der Waals surface area contributed by atoms with E-state index in [1.807, 2.05) is 18.2 Å². The highest BCUT2D eigenvalue weighted by Gasteiger charge is 2.22. The van der Waals surface area contributed by atoms with Crippen LogP contribution < -0.4 is 5.73 Å². The Kier molecular flexibility index (Phi) is 2.48. The summed E-state index contributed by atoms with van der Waals surface area (Å²) in [5.74, 6) is 1.53. The Morgan fingerprint density at radius 1 is 1.47 bits per heavy atom. The number of nitrogen functional groups attached to an aromatic ring is 1. The Balaban J connectivity index is 1.88. The van der Waals surface area contributed by atoms with Gasteiger partial charge in [-0.2, -0.15) is 4.52 Å². The number of hydrogen-bond acceptors (Lipinski definition) is 4. The zero-order valence-corrected chi connectivity index (χ0v) is 10.0. The maximum Gasteiger partial charge on any atom is 0.157 e. The van der Waals surface area contributed by atoms with E-state index in [9.17, 15) is 0 Å². The normalized spacial score (nSPS) is 21.4. The third kappa shape index (κ3) is 1.86. The third-order valence-electron chi connectivity index (χ3n) is 3.52. The van der Waals surface area contributed by atoms with Gasteiger partial charge in [0.15, 0.2) is 11.5 Å². The van der Waals surface area contributed by atoms with Crippen molar-refractivity contribution < 1.29 is 0 Å². The molecule has 3 rings (SSSR count). The molecule has 0 amide bonds. The number of fused-ring (bicyclic) bond motifs is 1. The highest BCUT2D eigenvalue weighted by Crippen LogP contribution is 2.18. The Hall–Kier alpha value is -1.62. The molecule has 2 aromatic rings. The van der Waals surface area contributed by atoms with Crippen LogP contribution in [0.15, 0.2) is 18.2 Å². The zero-order valence-electron chi connectivity index (χ0n) is 10.0. The SMILES string of the molecule is CN1CCCC1Cc1nc2cccc(N)n2n1. The van der Waals surface area contributed by atoms with Gasteiger partial charge in [-0.25, -0.2) is 4.98 Å². The average Bonchev–Trinajstić information content (AvgIpc) is 2.87. The molecular formula is C12H17N5. The largest absolute Gasteiger partial charge is 0.384 e. The predicted molar refractivity (Wildman–Crippen MR) is 66.8 cm³/mol. The Morgan fingerprint density at radius 2 is 2.35 bits per heavy atom. The number of likely N-dealkylation sites (tertiary alicyclic amines) is 1. The molecule has 17 heavy (non-hydrogen) atoms. The van der Waals surface area contributed by atoms with Gasteiger partial charge in [0.1, 0.15) is 5.82 Å². The van der Waals surface area contributed by atoms with Gasteiger partial charge >= 0.3 is 0 Å². The van der Waals surface area contributed by atoms with Crippen LogP contribution in [0.1, 0.15) is 18.7 Å². The van der Waals surface area contributed by atoms with E-state index in [4.69, 9.17) is 5.73 Å². The van der Waals surface area contributed by atoms with E-state index in [1.54, 1.807) is 4.52 Å². The van der Waals surface area contributed by atoms with Crippen LogP contribution in [0.4, 0.5) is 5.82 Å². The van der Waals surface area contributed by atoms with Crippen LogP contribution in [0.2, 0.25) is 0 Å². The number of rotatable bonds is 2. The minimum Gasteiger partial charge on any atom is -0.384 e. The van der Waals surface area contributed by atoms with Gasteiger partial charge in [0.2, 0.25) is 0 Å². The fourth-order valence-electron chi connectivity index (χ4n) is 2.50. The highest BCUT2D eigenvalue weighted by molar-refractivity contribution is 5.45. The molecule has 3 heterocycles. The van der Waals surface area contributed by atoms with Gasteiger partial charge in [0.25, 0.3) is 0 Å². The summed E-state index contributed by atoms with van der Waals surface area (Å²) in [6.45, 7) is 1.18. The summed E-state index contributed by atoms with van der Waals surface area (Å²) in [5, 5.41) is 4.46. The topological polar surface area (TPSA) is 59.5 Å². The van der Waals surface area contributed by atoms with E-state index in [0.29, 0.717) is 11.9 Å². The molecule has 1 fully saturated rings. The fourth-order valence-corrected chi connectivity index (χ4v) is 2.50. The van der Waals surface area contributed by atoms with Crippen LogP contribution >= 0.6 is 0 Å². The highest BCUT2D eigenvalue weighted by atomic mass is 15.3.